The zero-order valence-electron chi connectivity index (χ0n) is 10.6. The highest BCUT2D eigenvalue weighted by Crippen LogP contribution is 2.32. The third kappa shape index (κ3) is 2.62. The van der Waals surface area contributed by atoms with Gasteiger partial charge in [-0.15, -0.1) is 0 Å². The minimum atomic E-state index is -4.35. The molecule has 1 aromatic carbocycles. The van der Waals surface area contributed by atoms with Crippen molar-refractivity contribution in [2.45, 2.75) is 6.18 Å². The number of aromatic amines is 1. The zero-order valence-corrected chi connectivity index (χ0v) is 10.6. The molecule has 106 valence electrons. The van der Waals surface area contributed by atoms with Gasteiger partial charge in [0.15, 0.2) is 0 Å². The van der Waals surface area contributed by atoms with Crippen LogP contribution in [0.25, 0.3) is 22.5 Å². The number of hydrogen-bond donors (Lipinski definition) is 1. The van der Waals surface area contributed by atoms with Crippen molar-refractivity contribution in [2.75, 3.05) is 0 Å². The Morgan fingerprint density at radius 3 is 2.33 bits per heavy atom. The molecule has 0 spiro atoms. The second kappa shape index (κ2) is 5.01. The third-order valence-corrected chi connectivity index (χ3v) is 2.99. The highest BCUT2D eigenvalue weighted by molar-refractivity contribution is 5.77. The van der Waals surface area contributed by atoms with Gasteiger partial charge in [0, 0.05) is 17.3 Å². The Labute approximate surface area is 117 Å². The summed E-state index contributed by atoms with van der Waals surface area (Å²) in [7, 11) is 0. The van der Waals surface area contributed by atoms with E-state index in [0.717, 1.165) is 12.1 Å². The van der Waals surface area contributed by atoms with Crippen molar-refractivity contribution in [2.24, 2.45) is 0 Å². The van der Waals surface area contributed by atoms with Gasteiger partial charge in [0.25, 0.3) is 0 Å². The first-order valence-corrected chi connectivity index (χ1v) is 6.02. The van der Waals surface area contributed by atoms with E-state index in [4.69, 9.17) is 0 Å². The molecular weight excluding hydrogens is 281 g/mol. The molecule has 0 saturated carbocycles. The summed E-state index contributed by atoms with van der Waals surface area (Å²) in [4.78, 5) is 14.9. The Morgan fingerprint density at radius 1 is 0.952 bits per heavy atom. The fraction of sp³-hybridized carbons (Fsp3) is 0.0714. The number of H-pyrrole nitrogens is 1. The first kappa shape index (κ1) is 13.3. The van der Waals surface area contributed by atoms with Crippen molar-refractivity contribution in [3.63, 3.8) is 0 Å². The second-order valence-corrected chi connectivity index (χ2v) is 4.33. The van der Waals surface area contributed by atoms with Crippen molar-refractivity contribution >= 4 is 0 Å². The smallest absolute Gasteiger partial charge is 0.345 e. The first-order valence-electron chi connectivity index (χ1n) is 6.02. The number of nitrogens with zero attached hydrogens (tertiary/aromatic N) is 3. The van der Waals surface area contributed by atoms with Gasteiger partial charge in [-0.1, -0.05) is 12.1 Å². The summed E-state index contributed by atoms with van der Waals surface area (Å²) in [6.45, 7) is 0. The van der Waals surface area contributed by atoms with Crippen molar-refractivity contribution in [1.82, 2.24) is 19.9 Å². The van der Waals surface area contributed by atoms with Crippen LogP contribution in [-0.4, -0.2) is 19.9 Å². The number of rotatable bonds is 2. The Balaban J connectivity index is 2.06. The predicted molar refractivity (Wildman–Crippen MR) is 70.1 cm³/mol. The average Bonchev–Trinajstić information content (AvgIpc) is 3.01. The Kier molecular flexibility index (Phi) is 3.17. The van der Waals surface area contributed by atoms with Crippen molar-refractivity contribution in [3.05, 3.63) is 54.9 Å². The molecule has 0 aliphatic carbocycles. The zero-order chi connectivity index (χ0) is 14.9. The molecule has 0 aliphatic heterocycles. The van der Waals surface area contributed by atoms with E-state index in [1.54, 1.807) is 12.4 Å². The molecule has 3 rings (SSSR count). The summed E-state index contributed by atoms with van der Waals surface area (Å²) in [5, 5.41) is 0. The van der Waals surface area contributed by atoms with Gasteiger partial charge < -0.3 is 4.98 Å². The van der Waals surface area contributed by atoms with Crippen LogP contribution in [0, 0.1) is 0 Å². The highest BCUT2D eigenvalue weighted by Gasteiger charge is 2.30. The lowest BCUT2D eigenvalue weighted by molar-refractivity contribution is -0.137. The molecule has 3 aromatic rings. The summed E-state index contributed by atoms with van der Waals surface area (Å²) in [5.74, 6) is 0. The van der Waals surface area contributed by atoms with Crippen LogP contribution in [0.2, 0.25) is 0 Å². The molecule has 0 radical (unpaired) electrons. The molecule has 2 heterocycles. The lowest BCUT2D eigenvalue weighted by atomic mass is 10.0. The molecule has 0 amide bonds. The molecule has 4 nitrogen and oxygen atoms in total. The van der Waals surface area contributed by atoms with E-state index in [-0.39, 0.29) is 0 Å². The number of hydrogen-bond acceptors (Lipinski definition) is 3. The van der Waals surface area contributed by atoms with Gasteiger partial charge in [-0.05, 0) is 12.1 Å². The van der Waals surface area contributed by atoms with E-state index in [2.05, 4.69) is 19.9 Å². The molecular formula is C14H9F3N4. The Morgan fingerprint density at radius 2 is 1.71 bits per heavy atom. The van der Waals surface area contributed by atoms with E-state index in [9.17, 15) is 13.2 Å². The molecule has 0 atom stereocenters. The minimum absolute atomic E-state index is 0.544. The largest absolute Gasteiger partial charge is 0.416 e. The predicted octanol–water partition coefficient (Wildman–Crippen LogP) is 3.55. The van der Waals surface area contributed by atoms with Crippen molar-refractivity contribution in [3.8, 4) is 22.5 Å². The molecule has 7 heteroatoms. The standard InChI is InChI=1S/C14H9F3N4/c15-14(16,17)10-3-1-9(2-4-10)13-11(5-18-8-21-13)12-6-19-7-20-12/h1-8H,(H,19,20). The van der Waals surface area contributed by atoms with Crippen LogP contribution in [0.1, 0.15) is 5.56 Å². The van der Waals surface area contributed by atoms with E-state index in [1.807, 2.05) is 0 Å². The molecule has 0 unspecified atom stereocenters. The SMILES string of the molecule is FC(F)(F)c1ccc(-c2ncncc2-c2cnc[nH]2)cc1. The first-order chi connectivity index (χ1) is 10.1. The lowest BCUT2D eigenvalue weighted by Gasteiger charge is -2.09. The van der Waals surface area contributed by atoms with Crippen LogP contribution in [0.15, 0.2) is 49.3 Å². The van der Waals surface area contributed by atoms with E-state index in [0.29, 0.717) is 22.5 Å². The number of nitrogens with one attached hydrogen (secondary N) is 1. The van der Waals surface area contributed by atoms with Gasteiger partial charge in [0.2, 0.25) is 0 Å². The van der Waals surface area contributed by atoms with Crippen LogP contribution in [-0.2, 0) is 6.18 Å². The quantitative estimate of drug-likeness (QED) is 0.785. The molecule has 21 heavy (non-hydrogen) atoms. The minimum Gasteiger partial charge on any atom is -0.345 e. The van der Waals surface area contributed by atoms with Gasteiger partial charge in [-0.2, -0.15) is 13.2 Å². The van der Waals surface area contributed by atoms with Gasteiger partial charge in [0.1, 0.15) is 6.33 Å². The Bertz CT molecular complexity index is 734. The topological polar surface area (TPSA) is 54.5 Å². The van der Waals surface area contributed by atoms with Crippen LogP contribution in [0.5, 0.6) is 0 Å². The second-order valence-electron chi connectivity index (χ2n) is 4.33. The summed E-state index contributed by atoms with van der Waals surface area (Å²) in [6, 6.07) is 4.86. The van der Waals surface area contributed by atoms with E-state index >= 15 is 0 Å². The van der Waals surface area contributed by atoms with Gasteiger partial charge in [0.05, 0.1) is 29.5 Å². The van der Waals surface area contributed by atoms with Crippen molar-refractivity contribution in [1.29, 1.82) is 0 Å². The fourth-order valence-corrected chi connectivity index (χ4v) is 1.98. The molecule has 2 aromatic heterocycles. The van der Waals surface area contributed by atoms with Crippen LogP contribution < -0.4 is 0 Å². The molecule has 0 saturated heterocycles. The monoisotopic (exact) mass is 290 g/mol. The third-order valence-electron chi connectivity index (χ3n) is 2.99. The molecule has 0 bridgehead atoms. The highest BCUT2D eigenvalue weighted by atomic mass is 19.4. The maximum atomic E-state index is 12.6. The number of alkyl halides is 3. The van der Waals surface area contributed by atoms with Gasteiger partial charge in [-0.25, -0.2) is 15.0 Å². The summed E-state index contributed by atoms with van der Waals surface area (Å²) < 4.78 is 37.8. The summed E-state index contributed by atoms with van der Waals surface area (Å²) in [6.07, 6.45) is 1.71. The number of imidazole rings is 1. The van der Waals surface area contributed by atoms with E-state index in [1.165, 1.54) is 24.8 Å². The van der Waals surface area contributed by atoms with Gasteiger partial charge >= 0.3 is 6.18 Å². The Hall–Kier alpha value is -2.70. The maximum absolute atomic E-state index is 12.6. The van der Waals surface area contributed by atoms with Crippen LogP contribution in [0.3, 0.4) is 0 Å². The molecule has 0 aliphatic rings. The number of halogens is 3. The normalized spacial score (nSPS) is 11.6. The number of aromatic nitrogens is 4. The van der Waals surface area contributed by atoms with Crippen LogP contribution >= 0.6 is 0 Å². The summed E-state index contributed by atoms with van der Waals surface area (Å²) in [5.41, 5.74) is 1.81. The fourth-order valence-electron chi connectivity index (χ4n) is 1.98. The maximum Gasteiger partial charge on any atom is 0.416 e. The number of benzene rings is 1. The lowest BCUT2D eigenvalue weighted by Crippen LogP contribution is -2.04. The average molecular weight is 290 g/mol. The van der Waals surface area contributed by atoms with Crippen LogP contribution in [0.4, 0.5) is 13.2 Å². The van der Waals surface area contributed by atoms with E-state index < -0.39 is 11.7 Å². The summed E-state index contributed by atoms with van der Waals surface area (Å²) >= 11 is 0. The van der Waals surface area contributed by atoms with Crippen molar-refractivity contribution < 1.29 is 13.2 Å². The molecule has 0 fully saturated rings. The van der Waals surface area contributed by atoms with Gasteiger partial charge in [-0.3, -0.25) is 0 Å². The molecule has 1 N–H and O–H groups in total.